The summed E-state index contributed by atoms with van der Waals surface area (Å²) in [6, 6.07) is 8.98. The van der Waals surface area contributed by atoms with E-state index in [0.717, 1.165) is 23.9 Å². The molecule has 2 atom stereocenters. The van der Waals surface area contributed by atoms with Crippen LogP contribution in [0.4, 0.5) is 0 Å². The van der Waals surface area contributed by atoms with Crippen LogP contribution in [0.5, 0.6) is 0 Å². The van der Waals surface area contributed by atoms with E-state index in [1.807, 2.05) is 36.2 Å². The molecule has 1 N–H and O–H groups in total. The Bertz CT molecular complexity index is 831. The highest BCUT2D eigenvalue weighted by atomic mass is 35.5. The molecule has 2 bridgehead atoms. The maximum Gasteiger partial charge on any atom is 0.329 e. The first-order chi connectivity index (χ1) is 11.5. The normalized spacial score (nSPS) is 25.0. The number of aryl methyl sites for hydroxylation is 1. The molecule has 0 spiro atoms. The number of nitrogens with zero attached hydrogens (tertiary/aromatic N) is 3. The predicted molar refractivity (Wildman–Crippen MR) is 100 cm³/mol. The van der Waals surface area contributed by atoms with E-state index in [1.165, 1.54) is 12.8 Å². The van der Waals surface area contributed by atoms with Gasteiger partial charge < -0.3 is 10.2 Å². The second-order valence-corrected chi connectivity index (χ2v) is 7.18. The van der Waals surface area contributed by atoms with Crippen LogP contribution in [0.2, 0.25) is 0 Å². The van der Waals surface area contributed by atoms with Crippen molar-refractivity contribution in [3.05, 3.63) is 34.7 Å². The molecule has 0 radical (unpaired) electrons. The Morgan fingerprint density at radius 3 is 2.44 bits per heavy atom. The molecule has 4 rings (SSSR count). The zero-order valence-electron chi connectivity index (χ0n) is 14.6. The lowest BCUT2D eigenvalue weighted by molar-refractivity contribution is -0.133. The van der Waals surface area contributed by atoms with Gasteiger partial charge in [0.2, 0.25) is 5.91 Å². The number of imidazole rings is 1. The highest BCUT2D eigenvalue weighted by molar-refractivity contribution is 5.85. The van der Waals surface area contributed by atoms with Crippen molar-refractivity contribution in [1.82, 2.24) is 19.4 Å². The van der Waals surface area contributed by atoms with Crippen LogP contribution < -0.4 is 11.0 Å². The number of benzene rings is 1. The van der Waals surface area contributed by atoms with Crippen LogP contribution in [0.3, 0.4) is 0 Å². The minimum absolute atomic E-state index is 0. The van der Waals surface area contributed by atoms with E-state index in [-0.39, 0.29) is 36.6 Å². The molecule has 1 amide bonds. The highest BCUT2D eigenvalue weighted by Crippen LogP contribution is 2.29. The molecule has 2 aliphatic heterocycles. The van der Waals surface area contributed by atoms with Crippen LogP contribution in [0, 0.1) is 0 Å². The number of hydrogen-bond donors (Lipinski definition) is 1. The molecule has 0 aliphatic carbocycles. The zero-order chi connectivity index (χ0) is 16.8. The fourth-order valence-electron chi connectivity index (χ4n) is 4.31. The quantitative estimate of drug-likeness (QED) is 0.898. The number of rotatable bonds is 3. The molecule has 25 heavy (non-hydrogen) atoms. The van der Waals surface area contributed by atoms with Crippen LogP contribution in [0.25, 0.3) is 11.0 Å². The van der Waals surface area contributed by atoms with Crippen molar-refractivity contribution in [2.24, 2.45) is 7.05 Å². The molecule has 6 nitrogen and oxygen atoms in total. The topological polar surface area (TPSA) is 59.3 Å². The smallest absolute Gasteiger partial charge is 0.329 e. The van der Waals surface area contributed by atoms with Crippen LogP contribution in [-0.2, 0) is 18.4 Å². The number of nitrogens with one attached hydrogen (secondary N) is 1. The summed E-state index contributed by atoms with van der Waals surface area (Å²) >= 11 is 0. The number of likely N-dealkylation sites (N-methyl/N-ethyl adjacent to an activating group) is 1. The highest BCUT2D eigenvalue weighted by Gasteiger charge is 2.36. The number of halogens is 1. The minimum atomic E-state index is -0.136. The number of hydrogen-bond acceptors (Lipinski definition) is 3. The summed E-state index contributed by atoms with van der Waals surface area (Å²) in [5.74, 6) is 0.0137. The lowest BCUT2D eigenvalue weighted by Gasteiger charge is -2.35. The van der Waals surface area contributed by atoms with Crippen molar-refractivity contribution < 1.29 is 4.79 Å². The van der Waals surface area contributed by atoms with E-state index in [2.05, 4.69) is 5.32 Å². The predicted octanol–water partition coefficient (Wildman–Crippen LogP) is 1.50. The van der Waals surface area contributed by atoms with E-state index in [4.69, 9.17) is 0 Å². The number of fused-ring (bicyclic) bond motifs is 3. The van der Waals surface area contributed by atoms with Crippen molar-refractivity contribution in [1.29, 1.82) is 0 Å². The Hall–Kier alpha value is -1.79. The van der Waals surface area contributed by atoms with Gasteiger partial charge in [0, 0.05) is 32.2 Å². The largest absolute Gasteiger partial charge is 0.341 e. The Morgan fingerprint density at radius 2 is 1.80 bits per heavy atom. The van der Waals surface area contributed by atoms with Gasteiger partial charge in [-0.1, -0.05) is 12.1 Å². The molecule has 136 valence electrons. The first kappa shape index (κ1) is 18.0. The number of amides is 1. The molecular formula is C18H25ClN4O2. The number of aromatic nitrogens is 2. The van der Waals surface area contributed by atoms with Crippen LogP contribution >= 0.6 is 12.4 Å². The lowest BCUT2D eigenvalue weighted by Crippen LogP contribution is -2.49. The van der Waals surface area contributed by atoms with Gasteiger partial charge in [0.15, 0.2) is 0 Å². The molecule has 2 aromatic rings. The molecule has 2 unspecified atom stereocenters. The second kappa shape index (κ2) is 6.84. The Morgan fingerprint density at radius 1 is 1.20 bits per heavy atom. The fourth-order valence-corrected chi connectivity index (χ4v) is 4.31. The summed E-state index contributed by atoms with van der Waals surface area (Å²) in [6.07, 6.45) is 4.46. The van der Waals surface area contributed by atoms with Gasteiger partial charge in [-0.05, 0) is 37.8 Å². The van der Waals surface area contributed by atoms with E-state index < -0.39 is 0 Å². The standard InChI is InChI=1S/C18H24N4O2.ClH/c1-20(14-9-12-7-8-13(10-14)19-12)17(23)11-22-16-6-4-3-5-15(16)21(2)18(22)24;/h3-6,12-14,19H,7-11H2,1-2H3;1H. The van der Waals surface area contributed by atoms with Crippen LogP contribution in [-0.4, -0.2) is 45.1 Å². The summed E-state index contributed by atoms with van der Waals surface area (Å²) in [7, 11) is 3.63. The van der Waals surface area contributed by atoms with E-state index >= 15 is 0 Å². The third kappa shape index (κ3) is 3.09. The number of carbonyl (C=O) groups is 1. The van der Waals surface area contributed by atoms with E-state index in [0.29, 0.717) is 12.1 Å². The SMILES string of the molecule is CN(C(=O)Cn1c(=O)n(C)c2ccccc21)C1CC2CCC(C1)N2.Cl. The third-order valence-electron chi connectivity index (χ3n) is 5.73. The van der Waals surface area contributed by atoms with Gasteiger partial charge in [-0.3, -0.25) is 13.9 Å². The first-order valence-corrected chi connectivity index (χ1v) is 8.70. The van der Waals surface area contributed by atoms with E-state index in [1.54, 1.807) is 16.2 Å². The zero-order valence-corrected chi connectivity index (χ0v) is 15.5. The molecule has 2 saturated heterocycles. The summed E-state index contributed by atoms with van der Waals surface area (Å²) in [4.78, 5) is 27.1. The monoisotopic (exact) mass is 364 g/mol. The summed E-state index contributed by atoms with van der Waals surface area (Å²) in [6.45, 7) is 0.107. The number of carbonyl (C=O) groups excluding carboxylic acids is 1. The Labute approximate surface area is 153 Å². The van der Waals surface area contributed by atoms with Crippen molar-refractivity contribution in [2.45, 2.75) is 50.4 Å². The number of piperidine rings is 1. The molecule has 3 heterocycles. The molecule has 1 aromatic carbocycles. The van der Waals surface area contributed by atoms with Crippen LogP contribution in [0.15, 0.2) is 29.1 Å². The third-order valence-corrected chi connectivity index (χ3v) is 5.73. The maximum atomic E-state index is 12.8. The minimum Gasteiger partial charge on any atom is -0.341 e. The molecule has 2 aliphatic rings. The lowest BCUT2D eigenvalue weighted by atomic mass is 9.98. The molecule has 1 aromatic heterocycles. The van der Waals surface area contributed by atoms with Crippen molar-refractivity contribution in [3.63, 3.8) is 0 Å². The number of para-hydroxylation sites is 2. The average molecular weight is 365 g/mol. The average Bonchev–Trinajstić information content (AvgIpc) is 3.06. The van der Waals surface area contributed by atoms with E-state index in [9.17, 15) is 9.59 Å². The van der Waals surface area contributed by atoms with Crippen molar-refractivity contribution in [2.75, 3.05) is 7.05 Å². The van der Waals surface area contributed by atoms with Crippen molar-refractivity contribution in [3.8, 4) is 0 Å². The van der Waals surface area contributed by atoms with Gasteiger partial charge in [-0.15, -0.1) is 12.4 Å². The van der Waals surface area contributed by atoms with Gasteiger partial charge in [-0.25, -0.2) is 4.79 Å². The Kier molecular flexibility index (Phi) is 4.93. The van der Waals surface area contributed by atoms with Gasteiger partial charge in [-0.2, -0.15) is 0 Å². The molecule has 0 saturated carbocycles. The summed E-state index contributed by atoms with van der Waals surface area (Å²) in [5.41, 5.74) is 1.54. The van der Waals surface area contributed by atoms with Gasteiger partial charge in [0.1, 0.15) is 6.54 Å². The molecular weight excluding hydrogens is 340 g/mol. The fraction of sp³-hybridized carbons (Fsp3) is 0.556. The van der Waals surface area contributed by atoms with Crippen molar-refractivity contribution >= 4 is 29.3 Å². The molecule has 2 fully saturated rings. The second-order valence-electron chi connectivity index (χ2n) is 7.18. The maximum absolute atomic E-state index is 12.8. The first-order valence-electron chi connectivity index (χ1n) is 8.70. The van der Waals surface area contributed by atoms with Gasteiger partial charge in [0.05, 0.1) is 11.0 Å². The van der Waals surface area contributed by atoms with Gasteiger partial charge in [0.25, 0.3) is 0 Å². The van der Waals surface area contributed by atoms with Crippen LogP contribution in [0.1, 0.15) is 25.7 Å². The Balaban J connectivity index is 0.00000182. The van der Waals surface area contributed by atoms with Gasteiger partial charge >= 0.3 is 5.69 Å². The summed E-state index contributed by atoms with van der Waals surface area (Å²) < 4.78 is 3.19. The molecule has 7 heteroatoms. The summed E-state index contributed by atoms with van der Waals surface area (Å²) in [5, 5.41) is 3.60.